The summed E-state index contributed by atoms with van der Waals surface area (Å²) in [5.74, 6) is -2.86. The maximum Gasteiger partial charge on any atom is 0.288 e. The van der Waals surface area contributed by atoms with Gasteiger partial charge in [-0.1, -0.05) is 23.4 Å². The van der Waals surface area contributed by atoms with Crippen molar-refractivity contribution < 1.29 is 23.1 Å². The molecule has 1 saturated heterocycles. The summed E-state index contributed by atoms with van der Waals surface area (Å²) in [5.41, 5.74) is 0.840. The molecule has 1 atom stereocenters. The molecule has 0 radical (unpaired) electrons. The van der Waals surface area contributed by atoms with Crippen LogP contribution in [0.1, 0.15) is 6.42 Å². The first-order valence-corrected chi connectivity index (χ1v) is 9.16. The molecule has 2 amide bonds. The van der Waals surface area contributed by atoms with Crippen LogP contribution in [0.2, 0.25) is 5.02 Å². The molecule has 0 unspecified atom stereocenters. The predicted octanol–water partition coefficient (Wildman–Crippen LogP) is 4.41. The predicted molar refractivity (Wildman–Crippen MR) is 101 cm³/mol. The third kappa shape index (κ3) is 4.33. The van der Waals surface area contributed by atoms with E-state index in [9.17, 15) is 18.4 Å². The van der Waals surface area contributed by atoms with Crippen LogP contribution in [0.15, 0.2) is 47.4 Å². The summed E-state index contributed by atoms with van der Waals surface area (Å²) in [6.07, 6.45) is -0.0396. The number of anilines is 2. The molecule has 1 aliphatic heterocycles. The van der Waals surface area contributed by atoms with Gasteiger partial charge < -0.3 is 10.1 Å². The van der Waals surface area contributed by atoms with Gasteiger partial charge in [0, 0.05) is 9.92 Å². The lowest BCUT2D eigenvalue weighted by Crippen LogP contribution is -2.34. The van der Waals surface area contributed by atoms with Gasteiger partial charge in [0.15, 0.2) is 0 Å². The number of benzene rings is 2. The zero-order valence-corrected chi connectivity index (χ0v) is 15.7. The van der Waals surface area contributed by atoms with E-state index >= 15 is 0 Å². The second-order valence-electron chi connectivity index (χ2n) is 5.69. The molecule has 2 aromatic rings. The van der Waals surface area contributed by atoms with Crippen LogP contribution in [0.3, 0.4) is 0 Å². The van der Waals surface area contributed by atoms with Crippen molar-refractivity contribution in [2.24, 2.45) is 0 Å². The first kappa shape index (κ1) is 19.4. The van der Waals surface area contributed by atoms with Crippen molar-refractivity contribution in [3.63, 3.8) is 0 Å². The van der Waals surface area contributed by atoms with Crippen LogP contribution in [0, 0.1) is 0 Å². The van der Waals surface area contributed by atoms with Gasteiger partial charge in [0.1, 0.15) is 11.8 Å². The van der Waals surface area contributed by atoms with Crippen molar-refractivity contribution in [1.82, 2.24) is 0 Å². The quantitative estimate of drug-likeness (QED) is 0.562. The lowest BCUT2D eigenvalue weighted by molar-refractivity contribution is -0.121. The van der Waals surface area contributed by atoms with Crippen molar-refractivity contribution >= 4 is 46.6 Å². The molecule has 2 aromatic carbocycles. The number of hydrogen-bond donors (Lipinski definition) is 1. The number of hydrogen-bond acceptors (Lipinski definition) is 5. The maximum atomic E-state index is 12.7. The van der Waals surface area contributed by atoms with Crippen LogP contribution in [-0.4, -0.2) is 30.7 Å². The normalized spacial score (nSPS) is 16.9. The zero-order valence-electron chi connectivity index (χ0n) is 14.1. The molecule has 0 spiro atoms. The Morgan fingerprint density at radius 3 is 2.56 bits per heavy atom. The Labute approximate surface area is 163 Å². The lowest BCUT2D eigenvalue weighted by Gasteiger charge is -2.17. The van der Waals surface area contributed by atoms with E-state index in [0.717, 1.165) is 4.90 Å². The minimum atomic E-state index is -2.54. The van der Waals surface area contributed by atoms with E-state index in [1.165, 1.54) is 31.4 Å². The minimum absolute atomic E-state index is 0.0396. The number of methoxy groups -OCH3 is 1. The maximum absolute atomic E-state index is 12.7. The number of nitrogens with one attached hydrogen (secondary N) is 1. The Bertz CT molecular complexity index is 864. The van der Waals surface area contributed by atoms with E-state index in [2.05, 4.69) is 5.32 Å². The van der Waals surface area contributed by atoms with Gasteiger partial charge >= 0.3 is 0 Å². The Morgan fingerprint density at radius 2 is 1.93 bits per heavy atom. The molecule has 27 heavy (non-hydrogen) atoms. The summed E-state index contributed by atoms with van der Waals surface area (Å²) in [6, 6.07) is 9.99. The van der Waals surface area contributed by atoms with Crippen LogP contribution in [-0.2, 0) is 9.59 Å². The Morgan fingerprint density at radius 1 is 1.22 bits per heavy atom. The average molecular weight is 413 g/mol. The zero-order chi connectivity index (χ0) is 19.6. The van der Waals surface area contributed by atoms with Crippen LogP contribution >= 0.6 is 23.4 Å². The van der Waals surface area contributed by atoms with Crippen LogP contribution < -0.4 is 15.0 Å². The fourth-order valence-corrected chi connectivity index (χ4v) is 3.44. The van der Waals surface area contributed by atoms with Crippen LogP contribution in [0.4, 0.5) is 20.2 Å². The van der Waals surface area contributed by atoms with E-state index in [-0.39, 0.29) is 12.3 Å². The highest BCUT2D eigenvalue weighted by molar-refractivity contribution is 7.99. The molecular formula is C18H15ClF2N2O3S. The van der Waals surface area contributed by atoms with Gasteiger partial charge in [-0.25, -0.2) is 4.90 Å². The molecule has 142 valence electrons. The standard InChI is InChI=1S/C18H15ClF2N2O3S/c1-26-15-7-2-10(19)8-13(15)22-14-9-16(24)23(17(14)25)11-3-5-12(6-4-11)27-18(20)21/h2-8,14,18,22H,9H2,1H3/t14-/m1/s1. The summed E-state index contributed by atoms with van der Waals surface area (Å²) in [7, 11) is 1.49. The van der Waals surface area contributed by atoms with Crippen LogP contribution in [0.5, 0.6) is 5.75 Å². The molecule has 0 aliphatic carbocycles. The first-order chi connectivity index (χ1) is 12.9. The molecule has 1 aliphatic rings. The number of rotatable bonds is 6. The summed E-state index contributed by atoms with van der Waals surface area (Å²) < 4.78 is 30.1. The number of alkyl halides is 2. The topological polar surface area (TPSA) is 58.6 Å². The average Bonchev–Trinajstić information content (AvgIpc) is 2.89. The van der Waals surface area contributed by atoms with Crippen LogP contribution in [0.25, 0.3) is 0 Å². The first-order valence-electron chi connectivity index (χ1n) is 7.91. The smallest absolute Gasteiger partial charge is 0.288 e. The molecule has 1 heterocycles. The summed E-state index contributed by atoms with van der Waals surface area (Å²) >= 11 is 6.38. The number of imide groups is 1. The number of halogens is 3. The van der Waals surface area contributed by atoms with Crippen molar-refractivity contribution in [2.75, 3.05) is 17.3 Å². The van der Waals surface area contributed by atoms with E-state index in [1.54, 1.807) is 18.2 Å². The number of nitrogens with zero attached hydrogens (tertiary/aromatic N) is 1. The van der Waals surface area contributed by atoms with Gasteiger partial charge in [0.05, 0.1) is 24.9 Å². The Balaban J connectivity index is 1.78. The fourth-order valence-electron chi connectivity index (χ4n) is 2.77. The molecule has 3 rings (SSSR count). The molecule has 1 fully saturated rings. The van der Waals surface area contributed by atoms with Crippen molar-refractivity contribution in [2.45, 2.75) is 23.1 Å². The summed E-state index contributed by atoms with van der Waals surface area (Å²) in [5, 5.41) is 3.45. The SMILES string of the molecule is COc1ccc(Cl)cc1N[C@@H]1CC(=O)N(c2ccc(SC(F)F)cc2)C1=O. The monoisotopic (exact) mass is 412 g/mol. The van der Waals surface area contributed by atoms with E-state index in [4.69, 9.17) is 16.3 Å². The third-order valence-corrected chi connectivity index (χ3v) is 4.92. The number of carbonyl (C=O) groups excluding carboxylic acids is 2. The van der Waals surface area contributed by atoms with E-state index < -0.39 is 17.7 Å². The van der Waals surface area contributed by atoms with Crippen molar-refractivity contribution in [3.8, 4) is 5.75 Å². The highest BCUT2D eigenvalue weighted by Gasteiger charge is 2.39. The molecule has 5 nitrogen and oxygen atoms in total. The summed E-state index contributed by atoms with van der Waals surface area (Å²) in [6.45, 7) is 0. The highest BCUT2D eigenvalue weighted by atomic mass is 35.5. The van der Waals surface area contributed by atoms with Crippen molar-refractivity contribution in [3.05, 3.63) is 47.5 Å². The van der Waals surface area contributed by atoms with Crippen molar-refractivity contribution in [1.29, 1.82) is 0 Å². The number of carbonyl (C=O) groups is 2. The molecule has 0 saturated carbocycles. The molecule has 1 N–H and O–H groups in total. The number of thioether (sulfide) groups is 1. The van der Waals surface area contributed by atoms with E-state index in [0.29, 0.717) is 38.8 Å². The highest BCUT2D eigenvalue weighted by Crippen LogP contribution is 2.32. The largest absolute Gasteiger partial charge is 0.495 e. The second-order valence-corrected chi connectivity index (χ2v) is 7.19. The van der Waals surface area contributed by atoms with Gasteiger partial charge in [0.2, 0.25) is 5.91 Å². The second kappa shape index (κ2) is 8.14. The third-order valence-electron chi connectivity index (χ3n) is 3.96. The minimum Gasteiger partial charge on any atom is -0.495 e. The van der Waals surface area contributed by atoms with Gasteiger partial charge in [0.25, 0.3) is 11.7 Å². The molecular weight excluding hydrogens is 398 g/mol. The van der Waals surface area contributed by atoms with Gasteiger partial charge in [-0.05, 0) is 42.5 Å². The Hall–Kier alpha value is -2.32. The lowest BCUT2D eigenvalue weighted by atomic mass is 10.2. The molecule has 9 heteroatoms. The molecule has 0 bridgehead atoms. The van der Waals surface area contributed by atoms with Gasteiger partial charge in [-0.3, -0.25) is 9.59 Å². The molecule has 0 aromatic heterocycles. The fraction of sp³-hybridized carbons (Fsp3) is 0.222. The van der Waals surface area contributed by atoms with Gasteiger partial charge in [-0.2, -0.15) is 8.78 Å². The summed E-state index contributed by atoms with van der Waals surface area (Å²) in [4.78, 5) is 26.5. The van der Waals surface area contributed by atoms with E-state index in [1.807, 2.05) is 0 Å². The Kier molecular flexibility index (Phi) is 5.86. The van der Waals surface area contributed by atoms with Gasteiger partial charge in [-0.15, -0.1) is 0 Å². The number of ether oxygens (including phenoxy) is 1. The number of amides is 2.